The summed E-state index contributed by atoms with van der Waals surface area (Å²) >= 11 is 0. The molecule has 70 valence electrons. The molecular weight excluding hydrogens is 172 g/mol. The Labute approximate surface area is 83.5 Å². The summed E-state index contributed by atoms with van der Waals surface area (Å²) in [7, 11) is 0. The molecule has 0 spiro atoms. The van der Waals surface area contributed by atoms with E-state index in [4.69, 9.17) is 0 Å². The average molecular weight is 184 g/mol. The third-order valence-corrected chi connectivity index (χ3v) is 1.96. The zero-order valence-corrected chi connectivity index (χ0v) is 7.88. The van der Waals surface area contributed by atoms with Gasteiger partial charge in [0, 0.05) is 12.4 Å². The Balaban J connectivity index is 1.96. The van der Waals surface area contributed by atoms with E-state index in [-0.39, 0.29) is 0 Å². The van der Waals surface area contributed by atoms with Gasteiger partial charge in [-0.3, -0.25) is 4.68 Å². The fourth-order valence-electron chi connectivity index (χ4n) is 1.27. The van der Waals surface area contributed by atoms with Crippen molar-refractivity contribution in [3.63, 3.8) is 0 Å². The maximum Gasteiger partial charge on any atom is 0.0593 e. The molecule has 0 saturated heterocycles. The van der Waals surface area contributed by atoms with Crippen LogP contribution in [0, 0.1) is 0 Å². The van der Waals surface area contributed by atoms with Gasteiger partial charge in [0.1, 0.15) is 0 Å². The highest BCUT2D eigenvalue weighted by molar-refractivity contribution is 5.48. The second-order valence-electron chi connectivity index (χ2n) is 3.04. The number of benzene rings is 1. The lowest BCUT2D eigenvalue weighted by atomic mass is 10.2. The first-order chi connectivity index (χ1) is 6.95. The highest BCUT2D eigenvalue weighted by Gasteiger charge is 1.85. The van der Waals surface area contributed by atoms with E-state index in [2.05, 4.69) is 29.4 Å². The molecule has 0 aliphatic rings. The lowest BCUT2D eigenvalue weighted by Gasteiger charge is -1.94. The predicted octanol–water partition coefficient (Wildman–Crippen LogP) is 2.60. The van der Waals surface area contributed by atoms with E-state index in [1.807, 2.05) is 35.1 Å². The number of hydrogen-bond acceptors (Lipinski definition) is 1. The highest BCUT2D eigenvalue weighted by atomic mass is 15.3. The number of nitrogens with zero attached hydrogens (tertiary/aromatic N) is 2. The van der Waals surface area contributed by atoms with Crippen LogP contribution in [0.15, 0.2) is 54.9 Å². The number of rotatable bonds is 3. The molecule has 0 amide bonds. The summed E-state index contributed by atoms with van der Waals surface area (Å²) in [5.74, 6) is 0. The van der Waals surface area contributed by atoms with Crippen molar-refractivity contribution in [1.29, 1.82) is 0 Å². The Hall–Kier alpha value is -1.83. The van der Waals surface area contributed by atoms with Crippen LogP contribution in [0.5, 0.6) is 0 Å². The van der Waals surface area contributed by atoms with Gasteiger partial charge in [0.15, 0.2) is 0 Å². The van der Waals surface area contributed by atoms with Crippen LogP contribution < -0.4 is 0 Å². The largest absolute Gasteiger partial charge is 0.269 e. The van der Waals surface area contributed by atoms with Gasteiger partial charge in [0.2, 0.25) is 0 Å². The van der Waals surface area contributed by atoms with E-state index in [1.54, 1.807) is 6.20 Å². The molecule has 2 rings (SSSR count). The van der Waals surface area contributed by atoms with E-state index in [9.17, 15) is 0 Å². The molecule has 0 aliphatic carbocycles. The van der Waals surface area contributed by atoms with E-state index in [0.29, 0.717) is 0 Å². The molecule has 0 atom stereocenters. The van der Waals surface area contributed by atoms with Crippen molar-refractivity contribution < 1.29 is 0 Å². The third kappa shape index (κ3) is 2.33. The van der Waals surface area contributed by atoms with Crippen LogP contribution in [0.4, 0.5) is 0 Å². The Morgan fingerprint density at radius 1 is 1.14 bits per heavy atom. The molecule has 0 saturated carbocycles. The molecular formula is C12H12N2. The van der Waals surface area contributed by atoms with Crippen molar-refractivity contribution in [2.24, 2.45) is 0 Å². The van der Waals surface area contributed by atoms with Gasteiger partial charge in [0.25, 0.3) is 0 Å². The van der Waals surface area contributed by atoms with Crippen molar-refractivity contribution in [3.05, 3.63) is 60.4 Å². The van der Waals surface area contributed by atoms with Gasteiger partial charge in [-0.25, -0.2) is 0 Å². The van der Waals surface area contributed by atoms with E-state index in [1.165, 1.54) is 5.56 Å². The second-order valence-corrected chi connectivity index (χ2v) is 3.04. The minimum atomic E-state index is 0.821. The van der Waals surface area contributed by atoms with Crippen LogP contribution in [-0.2, 0) is 6.54 Å². The summed E-state index contributed by atoms with van der Waals surface area (Å²) in [6.45, 7) is 0.821. The topological polar surface area (TPSA) is 17.8 Å². The molecule has 1 aromatic carbocycles. The standard InChI is InChI=1S/C12H12N2/c1-2-6-12(7-3-1)8-4-10-14-11-5-9-13-14/h1-9,11H,10H2. The highest BCUT2D eigenvalue weighted by Crippen LogP contribution is 2.00. The van der Waals surface area contributed by atoms with Crippen molar-refractivity contribution in [2.75, 3.05) is 0 Å². The smallest absolute Gasteiger partial charge is 0.0593 e. The molecule has 0 unspecified atom stereocenters. The third-order valence-electron chi connectivity index (χ3n) is 1.96. The molecule has 2 aromatic rings. The fourth-order valence-corrected chi connectivity index (χ4v) is 1.27. The van der Waals surface area contributed by atoms with Crippen molar-refractivity contribution in [2.45, 2.75) is 6.54 Å². The maximum atomic E-state index is 4.11. The van der Waals surface area contributed by atoms with Gasteiger partial charge in [-0.2, -0.15) is 5.10 Å². The normalized spacial score (nSPS) is 10.9. The summed E-state index contributed by atoms with van der Waals surface area (Å²) < 4.78 is 1.89. The first-order valence-electron chi connectivity index (χ1n) is 4.64. The SMILES string of the molecule is C(=Cc1ccccc1)Cn1cccn1. The molecule has 0 radical (unpaired) electrons. The molecule has 0 fully saturated rings. The van der Waals surface area contributed by atoms with Gasteiger partial charge in [0.05, 0.1) is 6.54 Å². The molecule has 0 aliphatic heterocycles. The van der Waals surface area contributed by atoms with Crippen LogP contribution in [-0.4, -0.2) is 9.78 Å². The number of aromatic nitrogens is 2. The second kappa shape index (κ2) is 4.42. The maximum absolute atomic E-state index is 4.11. The zero-order valence-electron chi connectivity index (χ0n) is 7.88. The van der Waals surface area contributed by atoms with Crippen LogP contribution in [0.1, 0.15) is 5.56 Å². The van der Waals surface area contributed by atoms with Gasteiger partial charge < -0.3 is 0 Å². The summed E-state index contributed by atoms with van der Waals surface area (Å²) in [6, 6.07) is 12.2. The summed E-state index contributed by atoms with van der Waals surface area (Å²) in [5.41, 5.74) is 1.22. The van der Waals surface area contributed by atoms with E-state index in [0.717, 1.165) is 6.54 Å². The van der Waals surface area contributed by atoms with E-state index < -0.39 is 0 Å². The van der Waals surface area contributed by atoms with Gasteiger partial charge in [-0.05, 0) is 11.6 Å². The van der Waals surface area contributed by atoms with Gasteiger partial charge >= 0.3 is 0 Å². The van der Waals surface area contributed by atoms with Crippen molar-refractivity contribution in [1.82, 2.24) is 9.78 Å². The Morgan fingerprint density at radius 3 is 2.71 bits per heavy atom. The van der Waals surface area contributed by atoms with Crippen LogP contribution in [0.3, 0.4) is 0 Å². The minimum Gasteiger partial charge on any atom is -0.269 e. The Kier molecular flexibility index (Phi) is 2.76. The number of allylic oxidation sites excluding steroid dienone is 1. The van der Waals surface area contributed by atoms with Crippen molar-refractivity contribution >= 4 is 6.08 Å². The summed E-state index contributed by atoms with van der Waals surface area (Å²) in [6.07, 6.45) is 7.94. The summed E-state index contributed by atoms with van der Waals surface area (Å²) in [5, 5.41) is 4.11. The monoisotopic (exact) mass is 184 g/mol. The molecule has 2 heteroatoms. The van der Waals surface area contributed by atoms with Gasteiger partial charge in [-0.1, -0.05) is 42.5 Å². The zero-order chi connectivity index (χ0) is 9.64. The first kappa shape index (κ1) is 8.75. The average Bonchev–Trinajstić information content (AvgIpc) is 2.72. The first-order valence-corrected chi connectivity index (χ1v) is 4.64. The molecule has 0 N–H and O–H groups in total. The molecule has 0 bridgehead atoms. The van der Waals surface area contributed by atoms with Crippen molar-refractivity contribution in [3.8, 4) is 0 Å². The fraction of sp³-hybridized carbons (Fsp3) is 0.0833. The van der Waals surface area contributed by atoms with Gasteiger partial charge in [-0.15, -0.1) is 0 Å². The van der Waals surface area contributed by atoms with Crippen LogP contribution in [0.25, 0.3) is 6.08 Å². The summed E-state index contributed by atoms with van der Waals surface area (Å²) in [4.78, 5) is 0. The van der Waals surface area contributed by atoms with E-state index >= 15 is 0 Å². The Morgan fingerprint density at radius 2 is 2.00 bits per heavy atom. The van der Waals surface area contributed by atoms with Crippen LogP contribution >= 0.6 is 0 Å². The molecule has 1 heterocycles. The lowest BCUT2D eigenvalue weighted by Crippen LogP contribution is -1.93. The van der Waals surface area contributed by atoms with Crippen LogP contribution in [0.2, 0.25) is 0 Å². The predicted molar refractivity (Wildman–Crippen MR) is 57.7 cm³/mol. The quantitative estimate of drug-likeness (QED) is 0.717. The molecule has 2 nitrogen and oxygen atoms in total. The number of hydrogen-bond donors (Lipinski definition) is 0. The molecule has 1 aromatic heterocycles. The Bertz CT molecular complexity index is 388. The minimum absolute atomic E-state index is 0.821. The molecule has 14 heavy (non-hydrogen) atoms. The lowest BCUT2D eigenvalue weighted by molar-refractivity contribution is 0.703.